The summed E-state index contributed by atoms with van der Waals surface area (Å²) >= 11 is 0. The molecule has 25 heavy (non-hydrogen) atoms. The van der Waals surface area contributed by atoms with Crippen LogP contribution in [-0.4, -0.2) is 65.7 Å². The first kappa shape index (κ1) is 17.2. The number of nitrogens with one attached hydrogen (secondary N) is 1. The zero-order chi connectivity index (χ0) is 17.6. The molecule has 3 rings (SSSR count). The highest BCUT2D eigenvalue weighted by atomic mass is 16.5. The minimum Gasteiger partial charge on any atom is -0.494 e. The summed E-state index contributed by atoms with van der Waals surface area (Å²) in [6.07, 6.45) is 0. The average Bonchev–Trinajstić information content (AvgIpc) is 2.64. The highest BCUT2D eigenvalue weighted by molar-refractivity contribution is 5.92. The lowest BCUT2D eigenvalue weighted by Gasteiger charge is -2.32. The zero-order valence-corrected chi connectivity index (χ0v) is 14.6. The molecule has 1 aliphatic heterocycles. The van der Waals surface area contributed by atoms with Gasteiger partial charge in [0.25, 0.3) is 5.91 Å². The fraction of sp³-hybridized carbons (Fsp3) is 0.389. The van der Waals surface area contributed by atoms with Gasteiger partial charge in [0, 0.05) is 31.9 Å². The van der Waals surface area contributed by atoms with Crippen molar-refractivity contribution in [1.29, 1.82) is 0 Å². The quantitative estimate of drug-likeness (QED) is 0.897. The van der Waals surface area contributed by atoms with Crippen LogP contribution in [0.25, 0.3) is 0 Å². The summed E-state index contributed by atoms with van der Waals surface area (Å²) in [7, 11) is 2.06. The number of aromatic nitrogens is 2. The van der Waals surface area contributed by atoms with E-state index < -0.39 is 0 Å². The summed E-state index contributed by atoms with van der Waals surface area (Å²) in [5.74, 6) is 1.36. The van der Waals surface area contributed by atoms with E-state index in [0.29, 0.717) is 18.1 Å². The van der Waals surface area contributed by atoms with Gasteiger partial charge < -0.3 is 19.9 Å². The summed E-state index contributed by atoms with van der Waals surface area (Å²) < 4.78 is 5.42. The van der Waals surface area contributed by atoms with Gasteiger partial charge in [-0.3, -0.25) is 4.79 Å². The number of benzene rings is 1. The maximum atomic E-state index is 12.4. The van der Waals surface area contributed by atoms with E-state index in [1.165, 1.54) is 0 Å². The van der Waals surface area contributed by atoms with Crippen molar-refractivity contribution in [2.45, 2.75) is 6.92 Å². The molecular formula is C18H23N5O2. The van der Waals surface area contributed by atoms with E-state index in [9.17, 15) is 4.79 Å². The van der Waals surface area contributed by atoms with Crippen molar-refractivity contribution in [3.05, 3.63) is 42.1 Å². The number of hydrogen-bond acceptors (Lipinski definition) is 6. The lowest BCUT2D eigenvalue weighted by atomic mass is 10.2. The molecule has 7 nitrogen and oxygen atoms in total. The summed E-state index contributed by atoms with van der Waals surface area (Å²) in [5, 5.41) is 11.4. The van der Waals surface area contributed by atoms with Crippen LogP contribution >= 0.6 is 0 Å². The number of carbonyl (C=O) groups excluding carboxylic acids is 1. The number of rotatable bonds is 5. The van der Waals surface area contributed by atoms with Gasteiger partial charge in [0.1, 0.15) is 5.75 Å². The number of hydrogen-bond donors (Lipinski definition) is 1. The van der Waals surface area contributed by atoms with Crippen LogP contribution in [0.1, 0.15) is 17.4 Å². The molecule has 0 aliphatic carbocycles. The summed E-state index contributed by atoms with van der Waals surface area (Å²) in [6.45, 7) is 5.81. The molecule has 0 bridgehead atoms. The van der Waals surface area contributed by atoms with E-state index in [2.05, 4.69) is 27.5 Å². The van der Waals surface area contributed by atoms with E-state index in [-0.39, 0.29) is 5.91 Å². The monoisotopic (exact) mass is 341 g/mol. The van der Waals surface area contributed by atoms with Crippen LogP contribution in [0.4, 0.5) is 11.5 Å². The Balaban J connectivity index is 1.60. The zero-order valence-electron chi connectivity index (χ0n) is 14.6. The number of anilines is 2. The smallest absolute Gasteiger partial charge is 0.274 e. The highest BCUT2D eigenvalue weighted by Gasteiger charge is 2.21. The first-order valence-corrected chi connectivity index (χ1v) is 8.47. The van der Waals surface area contributed by atoms with Crippen LogP contribution in [-0.2, 0) is 0 Å². The summed E-state index contributed by atoms with van der Waals surface area (Å²) in [5.41, 5.74) is 1.26. The molecule has 1 aromatic heterocycles. The topological polar surface area (TPSA) is 70.6 Å². The molecule has 7 heteroatoms. The molecule has 132 valence electrons. The minimum atomic E-state index is -0.0618. The first-order chi connectivity index (χ1) is 12.2. The second-order valence-corrected chi connectivity index (χ2v) is 5.98. The lowest BCUT2D eigenvalue weighted by Crippen LogP contribution is -2.47. The molecule has 1 N–H and O–H groups in total. The molecule has 0 saturated carbocycles. The Labute approximate surface area is 147 Å². The molecule has 2 aromatic rings. The van der Waals surface area contributed by atoms with Gasteiger partial charge >= 0.3 is 0 Å². The second kappa shape index (κ2) is 7.94. The molecule has 1 aromatic carbocycles. The number of likely N-dealkylation sites (N-methyl/N-ethyl adjacent to an activating group) is 1. The molecule has 0 radical (unpaired) electrons. The number of piperazine rings is 1. The maximum Gasteiger partial charge on any atom is 0.274 e. The van der Waals surface area contributed by atoms with Crippen LogP contribution in [0.2, 0.25) is 0 Å². The SMILES string of the molecule is CCOc1ccc(Nc2ccc(C(=O)N3CCN(C)CC3)nn2)cc1. The lowest BCUT2D eigenvalue weighted by molar-refractivity contribution is 0.0657. The predicted octanol–water partition coefficient (Wildman–Crippen LogP) is 2.01. The molecule has 2 heterocycles. The molecule has 1 saturated heterocycles. The Hall–Kier alpha value is -2.67. The van der Waals surface area contributed by atoms with E-state index in [4.69, 9.17) is 4.74 Å². The first-order valence-electron chi connectivity index (χ1n) is 8.47. The Kier molecular flexibility index (Phi) is 5.45. The molecule has 1 aliphatic rings. The van der Waals surface area contributed by atoms with E-state index in [1.54, 1.807) is 12.1 Å². The van der Waals surface area contributed by atoms with E-state index in [1.807, 2.05) is 36.1 Å². The van der Waals surface area contributed by atoms with Crippen LogP contribution in [0.3, 0.4) is 0 Å². The molecule has 0 unspecified atom stereocenters. The normalized spacial score (nSPS) is 15.0. The Morgan fingerprint density at radius 3 is 2.40 bits per heavy atom. The van der Waals surface area contributed by atoms with Crippen molar-refractivity contribution in [1.82, 2.24) is 20.0 Å². The third-order valence-electron chi connectivity index (χ3n) is 4.11. The van der Waals surface area contributed by atoms with Gasteiger partial charge in [-0.1, -0.05) is 0 Å². The second-order valence-electron chi connectivity index (χ2n) is 5.98. The van der Waals surface area contributed by atoms with Crippen molar-refractivity contribution in [2.75, 3.05) is 45.2 Å². The van der Waals surface area contributed by atoms with Gasteiger partial charge in [0.15, 0.2) is 11.5 Å². The van der Waals surface area contributed by atoms with Crippen molar-refractivity contribution in [2.24, 2.45) is 0 Å². The summed E-state index contributed by atoms with van der Waals surface area (Å²) in [6, 6.07) is 11.1. The maximum absolute atomic E-state index is 12.4. The van der Waals surface area contributed by atoms with Crippen molar-refractivity contribution < 1.29 is 9.53 Å². The average molecular weight is 341 g/mol. The van der Waals surface area contributed by atoms with Crippen LogP contribution in [0.15, 0.2) is 36.4 Å². The molecule has 1 fully saturated rings. The van der Waals surface area contributed by atoms with Crippen LogP contribution in [0, 0.1) is 0 Å². The summed E-state index contributed by atoms with van der Waals surface area (Å²) in [4.78, 5) is 16.5. The number of ether oxygens (including phenoxy) is 1. The third kappa shape index (κ3) is 4.45. The largest absolute Gasteiger partial charge is 0.494 e. The molecule has 0 spiro atoms. The van der Waals surface area contributed by atoms with Gasteiger partial charge in [-0.05, 0) is 50.4 Å². The van der Waals surface area contributed by atoms with Gasteiger partial charge in [-0.15, -0.1) is 10.2 Å². The molecule has 1 amide bonds. The van der Waals surface area contributed by atoms with Crippen molar-refractivity contribution in [3.63, 3.8) is 0 Å². The van der Waals surface area contributed by atoms with E-state index in [0.717, 1.165) is 37.6 Å². The highest BCUT2D eigenvalue weighted by Crippen LogP contribution is 2.19. The Morgan fingerprint density at radius 2 is 1.80 bits per heavy atom. The minimum absolute atomic E-state index is 0.0618. The van der Waals surface area contributed by atoms with Crippen LogP contribution in [0.5, 0.6) is 5.75 Å². The number of nitrogens with zero attached hydrogens (tertiary/aromatic N) is 4. The fourth-order valence-electron chi connectivity index (χ4n) is 2.63. The third-order valence-corrected chi connectivity index (χ3v) is 4.11. The Morgan fingerprint density at radius 1 is 1.08 bits per heavy atom. The van der Waals surface area contributed by atoms with Gasteiger partial charge in [0.2, 0.25) is 0 Å². The van der Waals surface area contributed by atoms with Crippen molar-refractivity contribution >= 4 is 17.4 Å². The van der Waals surface area contributed by atoms with Crippen molar-refractivity contribution in [3.8, 4) is 5.75 Å². The Bertz CT molecular complexity index is 694. The number of amides is 1. The standard InChI is InChI=1S/C18H23N5O2/c1-3-25-15-6-4-14(5-7-15)19-17-9-8-16(20-21-17)18(24)23-12-10-22(2)11-13-23/h4-9H,3,10-13H2,1-2H3,(H,19,21). The van der Waals surface area contributed by atoms with E-state index >= 15 is 0 Å². The van der Waals surface area contributed by atoms with Gasteiger partial charge in [-0.25, -0.2) is 0 Å². The predicted molar refractivity (Wildman–Crippen MR) is 96.3 cm³/mol. The van der Waals surface area contributed by atoms with Gasteiger partial charge in [0.05, 0.1) is 6.61 Å². The fourth-order valence-corrected chi connectivity index (χ4v) is 2.63. The molecular weight excluding hydrogens is 318 g/mol. The molecule has 0 atom stereocenters. The number of carbonyl (C=O) groups is 1. The van der Waals surface area contributed by atoms with Crippen LogP contribution < -0.4 is 10.1 Å². The van der Waals surface area contributed by atoms with Gasteiger partial charge in [-0.2, -0.15) is 0 Å².